The van der Waals surface area contributed by atoms with Crippen molar-refractivity contribution in [3.05, 3.63) is 16.3 Å². The summed E-state index contributed by atoms with van der Waals surface area (Å²) in [6.07, 6.45) is 9.18. The second-order valence-electron chi connectivity index (χ2n) is 7.71. The smallest absolute Gasteiger partial charge is 0.345 e. The average Bonchev–Trinajstić information content (AvgIpc) is 2.94. The first-order valence-corrected chi connectivity index (χ1v) is 10.4. The van der Waals surface area contributed by atoms with Gasteiger partial charge < -0.3 is 10.6 Å². The molecule has 2 heterocycles. The number of hydrogen-bond donors (Lipinski definition) is 2. The fraction of sp³-hybridized carbons (Fsp3) is 0.842. The molecule has 1 saturated carbocycles. The summed E-state index contributed by atoms with van der Waals surface area (Å²) < 4.78 is 3.47. The van der Waals surface area contributed by atoms with Crippen LogP contribution >= 0.6 is 24.0 Å². The maximum absolute atomic E-state index is 12.3. The van der Waals surface area contributed by atoms with Crippen molar-refractivity contribution in [2.45, 2.75) is 78.3 Å². The predicted octanol–water partition coefficient (Wildman–Crippen LogP) is 2.52. The summed E-state index contributed by atoms with van der Waals surface area (Å²) in [6.45, 7) is 8.40. The topological polar surface area (TPSA) is 76.2 Å². The van der Waals surface area contributed by atoms with Crippen molar-refractivity contribution in [3.63, 3.8) is 0 Å². The molecule has 0 spiro atoms. The van der Waals surface area contributed by atoms with Gasteiger partial charge in [-0.1, -0.05) is 13.3 Å². The summed E-state index contributed by atoms with van der Waals surface area (Å²) in [5.74, 6) is 1.85. The van der Waals surface area contributed by atoms with E-state index in [2.05, 4.69) is 29.6 Å². The minimum atomic E-state index is 0. The van der Waals surface area contributed by atoms with Crippen molar-refractivity contribution < 1.29 is 0 Å². The summed E-state index contributed by atoms with van der Waals surface area (Å²) in [7, 11) is 0. The zero-order valence-corrected chi connectivity index (χ0v) is 19.1. The Kier molecular flexibility index (Phi) is 8.62. The predicted molar refractivity (Wildman–Crippen MR) is 120 cm³/mol. The van der Waals surface area contributed by atoms with Crippen molar-refractivity contribution >= 4 is 29.9 Å². The number of guanidine groups is 1. The molecule has 0 aromatic carbocycles. The SMILES string of the molecule is CCNC(=NCC1(CC)CCC1)NCCCn1nc2n(c1=O)CCCC2.I. The number of aromatic nitrogens is 3. The third-order valence-corrected chi connectivity index (χ3v) is 5.95. The number of aryl methyl sites for hydroxylation is 2. The Morgan fingerprint density at radius 3 is 2.67 bits per heavy atom. The molecule has 8 heteroatoms. The summed E-state index contributed by atoms with van der Waals surface area (Å²) in [5, 5.41) is 11.2. The minimum absolute atomic E-state index is 0. The van der Waals surface area contributed by atoms with Gasteiger partial charge in [0.1, 0.15) is 5.82 Å². The van der Waals surface area contributed by atoms with Gasteiger partial charge in [0, 0.05) is 39.1 Å². The van der Waals surface area contributed by atoms with Crippen molar-refractivity contribution in [1.29, 1.82) is 0 Å². The number of fused-ring (bicyclic) bond motifs is 1. The second kappa shape index (κ2) is 10.5. The van der Waals surface area contributed by atoms with Crippen LogP contribution in [0.5, 0.6) is 0 Å². The highest BCUT2D eigenvalue weighted by atomic mass is 127. The summed E-state index contributed by atoms with van der Waals surface area (Å²) >= 11 is 0. The summed E-state index contributed by atoms with van der Waals surface area (Å²) in [4.78, 5) is 17.1. The Morgan fingerprint density at radius 1 is 1.22 bits per heavy atom. The zero-order valence-electron chi connectivity index (χ0n) is 16.8. The van der Waals surface area contributed by atoms with Gasteiger partial charge in [-0.25, -0.2) is 9.48 Å². The molecule has 1 fully saturated rings. The van der Waals surface area contributed by atoms with Crippen LogP contribution in [0.1, 0.15) is 64.6 Å². The number of nitrogens with one attached hydrogen (secondary N) is 2. The van der Waals surface area contributed by atoms with Crippen LogP contribution in [0.3, 0.4) is 0 Å². The fourth-order valence-corrected chi connectivity index (χ4v) is 3.92. The monoisotopic (exact) mass is 490 g/mol. The van der Waals surface area contributed by atoms with Gasteiger partial charge in [0.15, 0.2) is 5.96 Å². The van der Waals surface area contributed by atoms with E-state index in [0.29, 0.717) is 12.0 Å². The number of aliphatic imine (C=N–C) groups is 1. The van der Waals surface area contributed by atoms with E-state index in [1.165, 1.54) is 25.7 Å². The molecule has 2 aliphatic rings. The average molecular weight is 490 g/mol. The van der Waals surface area contributed by atoms with Crippen LogP contribution in [0.2, 0.25) is 0 Å². The molecule has 0 radical (unpaired) electrons. The lowest BCUT2D eigenvalue weighted by Crippen LogP contribution is -2.40. The van der Waals surface area contributed by atoms with E-state index >= 15 is 0 Å². The van der Waals surface area contributed by atoms with Gasteiger partial charge in [0.25, 0.3) is 0 Å². The molecule has 1 aliphatic heterocycles. The van der Waals surface area contributed by atoms with E-state index in [1.54, 1.807) is 4.68 Å². The molecule has 7 nitrogen and oxygen atoms in total. The Balaban J connectivity index is 0.00000261. The standard InChI is InChI=1S/C19H34N6O.HI/c1-3-19(10-7-11-19)15-22-17(20-4-2)21-12-8-14-25-18(26)24-13-6-5-9-16(24)23-25;/h3-15H2,1-2H3,(H2,20,21,22);1H. The van der Waals surface area contributed by atoms with Crippen LogP contribution in [0.25, 0.3) is 0 Å². The van der Waals surface area contributed by atoms with E-state index in [1.807, 2.05) is 4.57 Å². The van der Waals surface area contributed by atoms with Gasteiger partial charge in [-0.2, -0.15) is 5.10 Å². The van der Waals surface area contributed by atoms with Gasteiger partial charge >= 0.3 is 5.69 Å². The Labute approximate surface area is 179 Å². The first kappa shape index (κ1) is 22.2. The molecule has 0 amide bonds. The molecule has 2 N–H and O–H groups in total. The van der Waals surface area contributed by atoms with E-state index in [9.17, 15) is 4.79 Å². The van der Waals surface area contributed by atoms with Crippen LogP contribution in [0.15, 0.2) is 9.79 Å². The first-order valence-electron chi connectivity index (χ1n) is 10.4. The highest BCUT2D eigenvalue weighted by molar-refractivity contribution is 14.0. The van der Waals surface area contributed by atoms with Gasteiger partial charge in [-0.05, 0) is 50.9 Å². The van der Waals surface area contributed by atoms with Crippen molar-refractivity contribution in [3.8, 4) is 0 Å². The largest absolute Gasteiger partial charge is 0.357 e. The number of halogens is 1. The van der Waals surface area contributed by atoms with E-state index in [4.69, 9.17) is 4.99 Å². The third kappa shape index (κ3) is 5.48. The maximum Gasteiger partial charge on any atom is 0.345 e. The first-order chi connectivity index (χ1) is 12.7. The lowest BCUT2D eigenvalue weighted by atomic mass is 9.67. The highest BCUT2D eigenvalue weighted by Gasteiger charge is 2.34. The lowest BCUT2D eigenvalue weighted by molar-refractivity contribution is 0.139. The quantitative estimate of drug-likeness (QED) is 0.254. The van der Waals surface area contributed by atoms with Gasteiger partial charge in [0.2, 0.25) is 0 Å². The Hall–Kier alpha value is -1.06. The van der Waals surface area contributed by atoms with Crippen LogP contribution in [0, 0.1) is 5.41 Å². The van der Waals surface area contributed by atoms with Crippen LogP contribution < -0.4 is 16.3 Å². The number of nitrogens with zero attached hydrogens (tertiary/aromatic N) is 4. The van der Waals surface area contributed by atoms with Crippen molar-refractivity contribution in [2.24, 2.45) is 10.4 Å². The van der Waals surface area contributed by atoms with Crippen molar-refractivity contribution in [1.82, 2.24) is 25.0 Å². The Morgan fingerprint density at radius 2 is 2.04 bits per heavy atom. The van der Waals surface area contributed by atoms with Gasteiger partial charge in [-0.3, -0.25) is 9.56 Å². The fourth-order valence-electron chi connectivity index (χ4n) is 3.92. The molecule has 0 bridgehead atoms. The molecule has 3 rings (SSSR count). The van der Waals surface area contributed by atoms with Crippen LogP contribution in [0.4, 0.5) is 0 Å². The molecule has 0 atom stereocenters. The molecular formula is C19H35IN6O. The second-order valence-corrected chi connectivity index (χ2v) is 7.71. The number of rotatable bonds is 8. The highest BCUT2D eigenvalue weighted by Crippen LogP contribution is 2.43. The third-order valence-electron chi connectivity index (χ3n) is 5.95. The molecule has 0 saturated heterocycles. The lowest BCUT2D eigenvalue weighted by Gasteiger charge is -2.40. The van der Waals surface area contributed by atoms with Gasteiger partial charge in [0.05, 0.1) is 0 Å². The minimum Gasteiger partial charge on any atom is -0.357 e. The van der Waals surface area contributed by atoms with Crippen LogP contribution in [-0.2, 0) is 19.5 Å². The Bertz CT molecular complexity index is 671. The maximum atomic E-state index is 12.3. The van der Waals surface area contributed by atoms with E-state index in [-0.39, 0.29) is 29.7 Å². The summed E-state index contributed by atoms with van der Waals surface area (Å²) in [6, 6.07) is 0. The van der Waals surface area contributed by atoms with Gasteiger partial charge in [-0.15, -0.1) is 24.0 Å². The van der Waals surface area contributed by atoms with Crippen LogP contribution in [-0.4, -0.2) is 39.9 Å². The molecule has 0 unspecified atom stereocenters. The molecule has 27 heavy (non-hydrogen) atoms. The summed E-state index contributed by atoms with van der Waals surface area (Å²) in [5.41, 5.74) is 0.487. The molecule has 1 aliphatic carbocycles. The van der Waals surface area contributed by atoms with E-state index < -0.39 is 0 Å². The molecule has 154 valence electrons. The number of hydrogen-bond acceptors (Lipinski definition) is 3. The molecule has 1 aromatic heterocycles. The zero-order chi connectivity index (χ0) is 18.4. The van der Waals surface area contributed by atoms with E-state index in [0.717, 1.165) is 63.6 Å². The van der Waals surface area contributed by atoms with Crippen molar-refractivity contribution in [2.75, 3.05) is 19.6 Å². The normalized spacial score (nSPS) is 18.2. The molecular weight excluding hydrogens is 455 g/mol. The molecule has 1 aromatic rings.